The van der Waals surface area contributed by atoms with Crippen molar-refractivity contribution in [3.8, 4) is 0 Å². The zero-order valence-corrected chi connectivity index (χ0v) is 8.56. The Labute approximate surface area is 78.7 Å². The monoisotopic (exact) mass is 189 g/mol. The first-order valence-corrected chi connectivity index (χ1v) is 4.37. The van der Waals surface area contributed by atoms with Crippen LogP contribution in [0.3, 0.4) is 0 Å². The van der Waals surface area contributed by atoms with Crippen molar-refractivity contribution in [2.45, 2.75) is 27.3 Å². The van der Waals surface area contributed by atoms with Gasteiger partial charge >= 0.3 is 0 Å². The summed E-state index contributed by atoms with van der Waals surface area (Å²) in [5.74, 6) is 1.55. The number of rotatable bonds is 1. The Morgan fingerprint density at radius 3 is 2.17 bits per heavy atom. The first kappa shape index (κ1) is 11.5. The summed E-state index contributed by atoms with van der Waals surface area (Å²) in [4.78, 5) is 0. The number of furan rings is 1. The number of hydrogen-bond acceptors (Lipinski definition) is 2. The van der Waals surface area contributed by atoms with Crippen molar-refractivity contribution in [1.29, 1.82) is 0 Å². The van der Waals surface area contributed by atoms with Gasteiger partial charge in [0.05, 0.1) is 11.6 Å². The molecule has 1 aromatic rings. The van der Waals surface area contributed by atoms with E-state index in [4.69, 9.17) is 21.8 Å². The zero-order chi connectivity index (χ0) is 9.56. The van der Waals surface area contributed by atoms with Gasteiger partial charge in [-0.25, -0.2) is 0 Å². The average Bonchev–Trinajstić information content (AvgIpc) is 2.34. The highest BCUT2D eigenvalue weighted by Gasteiger charge is 1.93. The fraction of sp³-hybridized carbons (Fsp3) is 0.556. The molecule has 0 saturated carbocycles. The molecule has 0 saturated heterocycles. The third-order valence-electron chi connectivity index (χ3n) is 0.823. The SMILES string of the molecule is CC(C)C.NCc1cc(Cl)co1. The first-order chi connectivity index (χ1) is 5.56. The van der Waals surface area contributed by atoms with Crippen LogP contribution in [0.5, 0.6) is 0 Å². The van der Waals surface area contributed by atoms with E-state index < -0.39 is 0 Å². The van der Waals surface area contributed by atoms with Gasteiger partial charge in [0.2, 0.25) is 0 Å². The minimum Gasteiger partial charge on any atom is -0.466 e. The van der Waals surface area contributed by atoms with Crippen LogP contribution in [0.15, 0.2) is 16.7 Å². The van der Waals surface area contributed by atoms with Crippen LogP contribution in [0, 0.1) is 5.92 Å². The molecule has 0 fully saturated rings. The third kappa shape index (κ3) is 6.25. The lowest BCUT2D eigenvalue weighted by Crippen LogP contribution is -1.92. The number of hydrogen-bond donors (Lipinski definition) is 1. The van der Waals surface area contributed by atoms with Crippen LogP contribution in [-0.4, -0.2) is 0 Å². The normalized spacial score (nSPS) is 9.50. The zero-order valence-electron chi connectivity index (χ0n) is 7.80. The van der Waals surface area contributed by atoms with Gasteiger partial charge in [-0.3, -0.25) is 0 Å². The highest BCUT2D eigenvalue weighted by Crippen LogP contribution is 2.11. The van der Waals surface area contributed by atoms with Crippen LogP contribution >= 0.6 is 11.6 Å². The molecule has 0 aliphatic rings. The number of halogens is 1. The highest BCUT2D eigenvalue weighted by atomic mass is 35.5. The fourth-order valence-electron chi connectivity index (χ4n) is 0.461. The number of nitrogens with two attached hydrogens (primary N) is 1. The van der Waals surface area contributed by atoms with Gasteiger partial charge in [-0.05, 0) is 12.0 Å². The van der Waals surface area contributed by atoms with Gasteiger partial charge in [-0.2, -0.15) is 0 Å². The van der Waals surface area contributed by atoms with E-state index in [1.54, 1.807) is 6.07 Å². The molecular formula is C9H16ClNO. The van der Waals surface area contributed by atoms with Gasteiger partial charge < -0.3 is 10.2 Å². The van der Waals surface area contributed by atoms with Gasteiger partial charge in [0.25, 0.3) is 0 Å². The average molecular weight is 190 g/mol. The van der Waals surface area contributed by atoms with Gasteiger partial charge in [0.15, 0.2) is 0 Å². The van der Waals surface area contributed by atoms with E-state index in [9.17, 15) is 0 Å². The van der Waals surface area contributed by atoms with Crippen molar-refractivity contribution < 1.29 is 4.42 Å². The lowest BCUT2D eigenvalue weighted by atomic mass is 10.3. The van der Waals surface area contributed by atoms with Crippen LogP contribution in [0.25, 0.3) is 0 Å². The topological polar surface area (TPSA) is 39.2 Å². The largest absolute Gasteiger partial charge is 0.466 e. The maximum Gasteiger partial charge on any atom is 0.118 e. The molecule has 0 aromatic carbocycles. The Bertz CT molecular complexity index is 205. The second-order valence-corrected chi connectivity index (χ2v) is 3.60. The smallest absolute Gasteiger partial charge is 0.118 e. The van der Waals surface area contributed by atoms with E-state index in [0.29, 0.717) is 11.6 Å². The van der Waals surface area contributed by atoms with Gasteiger partial charge in [-0.15, -0.1) is 0 Å². The van der Waals surface area contributed by atoms with E-state index in [2.05, 4.69) is 20.8 Å². The molecule has 0 bridgehead atoms. The predicted octanol–water partition coefficient (Wildman–Crippen LogP) is 3.05. The Kier molecular flexibility index (Phi) is 5.85. The van der Waals surface area contributed by atoms with Crippen LogP contribution in [-0.2, 0) is 6.54 Å². The summed E-state index contributed by atoms with van der Waals surface area (Å²) in [6.45, 7) is 6.91. The summed E-state index contributed by atoms with van der Waals surface area (Å²) in [6.07, 6.45) is 1.46. The molecule has 2 N–H and O–H groups in total. The van der Waals surface area contributed by atoms with E-state index >= 15 is 0 Å². The van der Waals surface area contributed by atoms with Crippen molar-refractivity contribution in [1.82, 2.24) is 0 Å². The summed E-state index contributed by atoms with van der Waals surface area (Å²) < 4.78 is 4.86. The molecule has 0 radical (unpaired) electrons. The van der Waals surface area contributed by atoms with Crippen molar-refractivity contribution >= 4 is 11.6 Å². The van der Waals surface area contributed by atoms with Crippen LogP contribution in [0.1, 0.15) is 26.5 Å². The third-order valence-corrected chi connectivity index (χ3v) is 1.02. The fourth-order valence-corrected chi connectivity index (χ4v) is 0.627. The molecule has 1 aromatic heterocycles. The molecule has 0 aliphatic carbocycles. The second kappa shape index (κ2) is 6.09. The van der Waals surface area contributed by atoms with Gasteiger partial charge in [0, 0.05) is 0 Å². The van der Waals surface area contributed by atoms with Gasteiger partial charge in [-0.1, -0.05) is 32.4 Å². The first-order valence-electron chi connectivity index (χ1n) is 3.99. The minimum absolute atomic E-state index is 0.409. The van der Waals surface area contributed by atoms with Crippen molar-refractivity contribution in [3.05, 3.63) is 23.1 Å². The Balaban J connectivity index is 0.000000261. The molecule has 12 heavy (non-hydrogen) atoms. The summed E-state index contributed by atoms with van der Waals surface area (Å²) >= 11 is 5.49. The molecule has 2 nitrogen and oxygen atoms in total. The van der Waals surface area contributed by atoms with Crippen molar-refractivity contribution in [2.24, 2.45) is 11.7 Å². The Morgan fingerprint density at radius 1 is 1.50 bits per heavy atom. The molecule has 0 amide bonds. The summed E-state index contributed by atoms with van der Waals surface area (Å²) in [6, 6.07) is 1.70. The lowest BCUT2D eigenvalue weighted by Gasteiger charge is -1.80. The maximum atomic E-state index is 5.49. The lowest BCUT2D eigenvalue weighted by molar-refractivity contribution is 0.512. The Morgan fingerprint density at radius 2 is 2.00 bits per heavy atom. The molecule has 1 heterocycles. The Hall–Kier alpha value is -0.470. The quantitative estimate of drug-likeness (QED) is 0.738. The van der Waals surface area contributed by atoms with E-state index in [1.807, 2.05) is 0 Å². The van der Waals surface area contributed by atoms with Crippen LogP contribution in [0.2, 0.25) is 5.02 Å². The molecular weight excluding hydrogens is 174 g/mol. The standard InChI is InChI=1S/C5H6ClNO.C4H10/c6-4-1-5(2-7)8-3-4;1-4(2)3/h1,3H,2,7H2;4H,1-3H3. The van der Waals surface area contributed by atoms with Crippen molar-refractivity contribution in [2.75, 3.05) is 0 Å². The molecule has 70 valence electrons. The molecule has 0 spiro atoms. The molecule has 0 unspecified atom stereocenters. The van der Waals surface area contributed by atoms with E-state index in [1.165, 1.54) is 6.26 Å². The summed E-state index contributed by atoms with van der Waals surface area (Å²) in [5, 5.41) is 0.602. The summed E-state index contributed by atoms with van der Waals surface area (Å²) in [5.41, 5.74) is 5.21. The molecule has 1 rings (SSSR count). The summed E-state index contributed by atoms with van der Waals surface area (Å²) in [7, 11) is 0. The van der Waals surface area contributed by atoms with Gasteiger partial charge in [0.1, 0.15) is 12.0 Å². The second-order valence-electron chi connectivity index (χ2n) is 3.17. The predicted molar refractivity (Wildman–Crippen MR) is 52.1 cm³/mol. The molecule has 0 aliphatic heterocycles. The highest BCUT2D eigenvalue weighted by molar-refractivity contribution is 6.30. The van der Waals surface area contributed by atoms with Crippen molar-refractivity contribution in [3.63, 3.8) is 0 Å². The minimum atomic E-state index is 0.409. The van der Waals surface area contributed by atoms with E-state index in [-0.39, 0.29) is 0 Å². The van der Waals surface area contributed by atoms with E-state index in [0.717, 1.165) is 11.7 Å². The maximum absolute atomic E-state index is 5.49. The van der Waals surface area contributed by atoms with Crippen LogP contribution in [0.4, 0.5) is 0 Å². The molecule has 3 heteroatoms. The molecule has 0 atom stereocenters. The van der Waals surface area contributed by atoms with Crippen LogP contribution < -0.4 is 5.73 Å².